The Morgan fingerprint density at radius 1 is 1.15 bits per heavy atom. The predicted molar refractivity (Wildman–Crippen MR) is 97.4 cm³/mol. The highest BCUT2D eigenvalue weighted by molar-refractivity contribution is 7.13. The lowest BCUT2D eigenvalue weighted by Crippen LogP contribution is -2.31. The lowest BCUT2D eigenvalue weighted by molar-refractivity contribution is -0.141. The molecule has 142 valence electrons. The molecule has 9 heteroatoms. The van der Waals surface area contributed by atoms with Crippen molar-refractivity contribution in [3.8, 4) is 0 Å². The molecule has 0 aliphatic carbocycles. The summed E-state index contributed by atoms with van der Waals surface area (Å²) in [5.41, 5.74) is -0.0601. The molecule has 0 spiro atoms. The van der Waals surface area contributed by atoms with E-state index in [1.807, 2.05) is 6.92 Å². The SMILES string of the molecule is CC(=O)Nc1ccc(C(=O)COC(=O)CNC(=O)c2ccc(C)s2)c(F)c1. The van der Waals surface area contributed by atoms with Crippen LogP contribution in [0.2, 0.25) is 0 Å². The minimum atomic E-state index is -0.844. The van der Waals surface area contributed by atoms with Crippen LogP contribution in [0.25, 0.3) is 0 Å². The van der Waals surface area contributed by atoms with Gasteiger partial charge in [-0.05, 0) is 37.3 Å². The van der Waals surface area contributed by atoms with Crippen LogP contribution in [0.3, 0.4) is 0 Å². The maximum absolute atomic E-state index is 14.0. The number of hydrogen-bond donors (Lipinski definition) is 2. The number of benzene rings is 1. The van der Waals surface area contributed by atoms with Crippen LogP contribution in [0.5, 0.6) is 0 Å². The number of thiophene rings is 1. The van der Waals surface area contributed by atoms with Crippen LogP contribution in [0, 0.1) is 12.7 Å². The first-order valence-electron chi connectivity index (χ1n) is 7.87. The molecule has 2 aromatic rings. The van der Waals surface area contributed by atoms with Crippen molar-refractivity contribution >= 4 is 40.6 Å². The Hall–Kier alpha value is -3.07. The third-order valence-electron chi connectivity index (χ3n) is 3.31. The van der Waals surface area contributed by atoms with Crippen LogP contribution in [0.15, 0.2) is 30.3 Å². The van der Waals surface area contributed by atoms with Gasteiger partial charge in [0.05, 0.1) is 10.4 Å². The first-order valence-corrected chi connectivity index (χ1v) is 8.68. The second kappa shape index (κ2) is 9.04. The van der Waals surface area contributed by atoms with E-state index in [2.05, 4.69) is 10.6 Å². The molecule has 0 bridgehead atoms. The molecule has 0 saturated heterocycles. The van der Waals surface area contributed by atoms with Gasteiger partial charge in [0.25, 0.3) is 5.91 Å². The van der Waals surface area contributed by atoms with Crippen molar-refractivity contribution in [2.75, 3.05) is 18.5 Å². The molecule has 0 aliphatic rings. The molecule has 0 atom stereocenters. The third-order valence-corrected chi connectivity index (χ3v) is 4.31. The molecule has 0 saturated carbocycles. The fourth-order valence-electron chi connectivity index (χ4n) is 2.09. The molecule has 1 aromatic carbocycles. The molecule has 2 rings (SSSR count). The van der Waals surface area contributed by atoms with Gasteiger partial charge in [-0.15, -0.1) is 11.3 Å². The number of ether oxygens (including phenoxy) is 1. The van der Waals surface area contributed by atoms with Crippen LogP contribution in [0.1, 0.15) is 31.8 Å². The van der Waals surface area contributed by atoms with Crippen molar-refractivity contribution in [3.63, 3.8) is 0 Å². The van der Waals surface area contributed by atoms with Crippen molar-refractivity contribution in [3.05, 3.63) is 51.5 Å². The molecule has 2 amide bonds. The molecule has 0 unspecified atom stereocenters. The van der Waals surface area contributed by atoms with E-state index >= 15 is 0 Å². The average molecular weight is 392 g/mol. The zero-order valence-corrected chi connectivity index (χ0v) is 15.4. The van der Waals surface area contributed by atoms with Gasteiger partial charge in [-0.1, -0.05) is 0 Å². The maximum Gasteiger partial charge on any atom is 0.325 e. The van der Waals surface area contributed by atoms with Crippen molar-refractivity contribution in [2.45, 2.75) is 13.8 Å². The van der Waals surface area contributed by atoms with E-state index in [1.54, 1.807) is 12.1 Å². The highest BCUT2D eigenvalue weighted by Gasteiger charge is 2.16. The van der Waals surface area contributed by atoms with E-state index in [0.29, 0.717) is 4.88 Å². The summed E-state index contributed by atoms with van der Waals surface area (Å²) in [5, 5.41) is 4.77. The van der Waals surface area contributed by atoms with Crippen molar-refractivity contribution in [1.82, 2.24) is 5.32 Å². The van der Waals surface area contributed by atoms with Crippen LogP contribution >= 0.6 is 11.3 Å². The number of Topliss-reactive ketones (excluding diaryl/α,β-unsaturated/α-hetero) is 1. The summed E-state index contributed by atoms with van der Waals surface area (Å²) in [5.74, 6) is -3.20. The lowest BCUT2D eigenvalue weighted by Gasteiger charge is -2.08. The quantitative estimate of drug-likeness (QED) is 0.556. The number of esters is 1. The smallest absolute Gasteiger partial charge is 0.325 e. The first-order chi connectivity index (χ1) is 12.8. The van der Waals surface area contributed by atoms with Crippen molar-refractivity contribution in [1.29, 1.82) is 0 Å². The number of halogens is 1. The van der Waals surface area contributed by atoms with Crippen molar-refractivity contribution < 1.29 is 28.3 Å². The highest BCUT2D eigenvalue weighted by atomic mass is 32.1. The van der Waals surface area contributed by atoms with Crippen LogP contribution in [-0.2, 0) is 14.3 Å². The van der Waals surface area contributed by atoms with Gasteiger partial charge in [0.2, 0.25) is 11.7 Å². The van der Waals surface area contributed by atoms with E-state index in [4.69, 9.17) is 4.74 Å². The molecule has 0 fully saturated rings. The number of hydrogen-bond acceptors (Lipinski definition) is 6. The minimum absolute atomic E-state index is 0.208. The summed E-state index contributed by atoms with van der Waals surface area (Å²) >= 11 is 1.28. The van der Waals surface area contributed by atoms with Crippen LogP contribution < -0.4 is 10.6 Å². The fourth-order valence-corrected chi connectivity index (χ4v) is 2.88. The Bertz CT molecular complexity index is 894. The third kappa shape index (κ3) is 6.00. The Kier molecular flexibility index (Phi) is 6.78. The molecule has 7 nitrogen and oxygen atoms in total. The minimum Gasteiger partial charge on any atom is -0.456 e. The Morgan fingerprint density at radius 2 is 1.89 bits per heavy atom. The first kappa shape index (κ1) is 20.2. The van der Waals surface area contributed by atoms with Crippen LogP contribution in [-0.4, -0.2) is 36.7 Å². The van der Waals surface area contributed by atoms with E-state index < -0.39 is 36.6 Å². The number of rotatable bonds is 7. The number of aryl methyl sites for hydroxylation is 1. The fraction of sp³-hybridized carbons (Fsp3) is 0.222. The van der Waals surface area contributed by atoms with Gasteiger partial charge in [0, 0.05) is 17.5 Å². The molecule has 27 heavy (non-hydrogen) atoms. The average Bonchev–Trinajstić information content (AvgIpc) is 3.03. The molecular weight excluding hydrogens is 375 g/mol. The van der Waals surface area contributed by atoms with E-state index in [0.717, 1.165) is 10.9 Å². The molecule has 0 radical (unpaired) electrons. The zero-order valence-electron chi connectivity index (χ0n) is 14.6. The van der Waals surface area contributed by atoms with Crippen LogP contribution in [0.4, 0.5) is 10.1 Å². The Morgan fingerprint density at radius 3 is 2.48 bits per heavy atom. The largest absolute Gasteiger partial charge is 0.456 e. The lowest BCUT2D eigenvalue weighted by atomic mass is 10.1. The summed E-state index contributed by atoms with van der Waals surface area (Å²) in [6, 6.07) is 6.97. The summed E-state index contributed by atoms with van der Waals surface area (Å²) in [7, 11) is 0. The van der Waals surface area contributed by atoms with E-state index in [9.17, 15) is 23.6 Å². The molecule has 1 heterocycles. The second-order valence-corrected chi connectivity index (χ2v) is 6.84. The Labute approximate surface area is 158 Å². The van der Waals surface area contributed by atoms with Gasteiger partial charge < -0.3 is 15.4 Å². The molecule has 2 N–H and O–H groups in total. The monoisotopic (exact) mass is 392 g/mol. The van der Waals surface area contributed by atoms with Crippen molar-refractivity contribution in [2.24, 2.45) is 0 Å². The normalized spacial score (nSPS) is 10.2. The standard InChI is InChI=1S/C18H17FN2O5S/c1-10-3-6-16(27-10)18(25)20-8-17(24)26-9-15(23)13-5-4-12(7-14(13)19)21-11(2)22/h3-7H,8-9H2,1-2H3,(H,20,25)(H,21,22). The van der Waals surface area contributed by atoms with Gasteiger partial charge in [-0.25, -0.2) is 4.39 Å². The second-order valence-electron chi connectivity index (χ2n) is 5.55. The number of carbonyl (C=O) groups is 4. The van der Waals surface area contributed by atoms with E-state index in [-0.39, 0.29) is 17.2 Å². The number of ketones is 1. The van der Waals surface area contributed by atoms with Gasteiger partial charge in [-0.2, -0.15) is 0 Å². The van der Waals surface area contributed by atoms with Gasteiger partial charge in [0.15, 0.2) is 6.61 Å². The van der Waals surface area contributed by atoms with Gasteiger partial charge in [-0.3, -0.25) is 19.2 Å². The number of anilines is 1. The molecule has 0 aliphatic heterocycles. The summed E-state index contributed by atoms with van der Waals surface area (Å²) in [4.78, 5) is 47.8. The number of nitrogens with one attached hydrogen (secondary N) is 2. The maximum atomic E-state index is 14.0. The molecular formula is C18H17FN2O5S. The Balaban J connectivity index is 1.83. The predicted octanol–water partition coefficient (Wildman–Crippen LogP) is 2.31. The summed E-state index contributed by atoms with van der Waals surface area (Å²) in [6.07, 6.45) is 0. The summed E-state index contributed by atoms with van der Waals surface area (Å²) < 4.78 is 18.7. The highest BCUT2D eigenvalue weighted by Crippen LogP contribution is 2.16. The van der Waals surface area contributed by atoms with E-state index in [1.165, 1.54) is 30.4 Å². The number of amides is 2. The summed E-state index contributed by atoms with van der Waals surface area (Å²) in [6.45, 7) is 2.05. The number of carbonyl (C=O) groups excluding carboxylic acids is 4. The zero-order chi connectivity index (χ0) is 20.0. The van der Waals surface area contributed by atoms with Gasteiger partial charge >= 0.3 is 5.97 Å². The molecule has 1 aromatic heterocycles. The van der Waals surface area contributed by atoms with Gasteiger partial charge in [0.1, 0.15) is 12.4 Å². The topological polar surface area (TPSA) is 102 Å².